The van der Waals surface area contributed by atoms with Crippen LogP contribution in [0.25, 0.3) is 0 Å². The highest BCUT2D eigenvalue weighted by molar-refractivity contribution is 7.92. The van der Waals surface area contributed by atoms with Gasteiger partial charge in [-0.05, 0) is 67.1 Å². The highest BCUT2D eigenvalue weighted by atomic mass is 32.2. The number of ether oxygens (including phenoxy) is 1. The average molecular weight is 516 g/mol. The summed E-state index contributed by atoms with van der Waals surface area (Å²) in [6.45, 7) is 3.14. The summed E-state index contributed by atoms with van der Waals surface area (Å²) < 4.78 is 60.2. The third kappa shape index (κ3) is 5.88. The first-order valence-corrected chi connectivity index (χ1v) is 13.8. The van der Waals surface area contributed by atoms with Crippen LogP contribution in [0.5, 0.6) is 0 Å². The van der Waals surface area contributed by atoms with Crippen LogP contribution in [-0.2, 0) is 24.8 Å². The van der Waals surface area contributed by atoms with E-state index in [4.69, 9.17) is 4.74 Å². The van der Waals surface area contributed by atoms with Crippen molar-refractivity contribution in [2.75, 3.05) is 36.3 Å². The van der Waals surface area contributed by atoms with Crippen LogP contribution in [0, 0.1) is 6.92 Å². The molecule has 1 aliphatic heterocycles. The molecule has 1 amide bonds. The molecular weight excluding hydrogens is 490 g/mol. The molecule has 1 fully saturated rings. The van der Waals surface area contributed by atoms with Crippen LogP contribution in [0.4, 0.5) is 11.4 Å². The van der Waals surface area contributed by atoms with Gasteiger partial charge in [0.05, 0.1) is 23.0 Å². The lowest BCUT2D eigenvalue weighted by molar-refractivity contribution is 0.0730. The minimum Gasteiger partial charge on any atom is -0.379 e. The van der Waals surface area contributed by atoms with E-state index in [-0.39, 0.29) is 15.4 Å². The fraction of sp³-hybridized carbons (Fsp3) is 0.208. The number of anilines is 2. The summed E-state index contributed by atoms with van der Waals surface area (Å²) in [5.74, 6) is -0.526. The highest BCUT2D eigenvalue weighted by Crippen LogP contribution is 2.21. The lowest BCUT2D eigenvalue weighted by atomic mass is 10.2. The number of rotatable bonds is 7. The van der Waals surface area contributed by atoms with E-state index < -0.39 is 26.0 Å². The molecule has 0 spiro atoms. The number of benzene rings is 3. The smallest absolute Gasteiger partial charge is 0.261 e. The van der Waals surface area contributed by atoms with Crippen LogP contribution >= 0.6 is 0 Å². The Morgan fingerprint density at radius 3 is 2.20 bits per heavy atom. The highest BCUT2D eigenvalue weighted by Gasteiger charge is 2.26. The molecule has 4 rings (SSSR count). The number of hydrogen-bond acceptors (Lipinski definition) is 6. The Balaban J connectivity index is 1.47. The van der Waals surface area contributed by atoms with Gasteiger partial charge >= 0.3 is 0 Å². The van der Waals surface area contributed by atoms with E-state index >= 15 is 0 Å². The van der Waals surface area contributed by atoms with E-state index in [9.17, 15) is 21.6 Å². The number of sulfonamides is 2. The molecule has 0 atom stereocenters. The topological polar surface area (TPSA) is 122 Å². The van der Waals surface area contributed by atoms with Crippen molar-refractivity contribution in [2.24, 2.45) is 0 Å². The molecule has 0 aliphatic carbocycles. The van der Waals surface area contributed by atoms with E-state index in [1.807, 2.05) is 13.0 Å². The Bertz CT molecular complexity index is 1430. The molecule has 9 nitrogen and oxygen atoms in total. The first-order valence-electron chi connectivity index (χ1n) is 10.8. The lowest BCUT2D eigenvalue weighted by Gasteiger charge is -2.26. The molecule has 0 saturated carbocycles. The molecule has 0 aromatic heterocycles. The third-order valence-electron chi connectivity index (χ3n) is 5.40. The predicted molar refractivity (Wildman–Crippen MR) is 132 cm³/mol. The van der Waals surface area contributed by atoms with Crippen LogP contribution in [0.2, 0.25) is 0 Å². The van der Waals surface area contributed by atoms with Gasteiger partial charge in [-0.15, -0.1) is 0 Å². The Morgan fingerprint density at radius 2 is 1.51 bits per heavy atom. The van der Waals surface area contributed by atoms with E-state index in [0.29, 0.717) is 37.7 Å². The summed E-state index contributed by atoms with van der Waals surface area (Å²) in [6, 6.07) is 18.4. The third-order valence-corrected chi connectivity index (χ3v) is 8.69. The van der Waals surface area contributed by atoms with Gasteiger partial charge in [-0.25, -0.2) is 16.8 Å². The number of nitrogens with zero attached hydrogens (tertiary/aromatic N) is 1. The van der Waals surface area contributed by atoms with Gasteiger partial charge in [0.2, 0.25) is 10.0 Å². The maximum absolute atomic E-state index is 12.8. The molecule has 3 aromatic carbocycles. The van der Waals surface area contributed by atoms with Crippen molar-refractivity contribution in [2.45, 2.75) is 16.7 Å². The molecular formula is C24H25N3O6S2. The Labute approximate surface area is 204 Å². The van der Waals surface area contributed by atoms with Crippen LogP contribution < -0.4 is 10.0 Å². The Kier molecular flexibility index (Phi) is 7.22. The summed E-state index contributed by atoms with van der Waals surface area (Å²) in [5, 5.41) is 2.67. The standard InChI is InChI=1S/C24H25N3O6S2/c1-18-4-2-6-21(16-18)26-34(29,30)23-7-3-5-19(17-23)24(28)25-20-8-10-22(11-9-20)35(31,32)27-12-14-33-15-13-27/h2-11,16-17,26H,12-15H2,1H3,(H,25,28). The fourth-order valence-corrected chi connectivity index (χ4v) is 6.08. The van der Waals surface area contributed by atoms with Crippen LogP contribution in [-0.4, -0.2) is 53.4 Å². The maximum Gasteiger partial charge on any atom is 0.261 e. The maximum atomic E-state index is 12.8. The van der Waals surface area contributed by atoms with Gasteiger partial charge in [0.25, 0.3) is 15.9 Å². The van der Waals surface area contributed by atoms with Gasteiger partial charge in [0.1, 0.15) is 0 Å². The molecule has 11 heteroatoms. The van der Waals surface area contributed by atoms with E-state index in [1.54, 1.807) is 18.2 Å². The van der Waals surface area contributed by atoms with Crippen LogP contribution in [0.1, 0.15) is 15.9 Å². The second kappa shape index (κ2) is 10.2. The first-order chi connectivity index (χ1) is 16.6. The molecule has 1 saturated heterocycles. The summed E-state index contributed by atoms with van der Waals surface area (Å²) in [4.78, 5) is 12.8. The number of carbonyl (C=O) groups excluding carboxylic acids is 1. The minimum atomic E-state index is -3.90. The zero-order valence-electron chi connectivity index (χ0n) is 19.0. The van der Waals surface area contributed by atoms with Crippen molar-refractivity contribution in [3.63, 3.8) is 0 Å². The van der Waals surface area contributed by atoms with Crippen LogP contribution in [0.3, 0.4) is 0 Å². The summed E-state index contributed by atoms with van der Waals surface area (Å²) >= 11 is 0. The number of amides is 1. The van der Waals surface area contributed by atoms with Gasteiger partial charge in [-0.3, -0.25) is 9.52 Å². The molecule has 0 unspecified atom stereocenters. The molecule has 0 bridgehead atoms. The molecule has 2 N–H and O–H groups in total. The second-order valence-electron chi connectivity index (χ2n) is 8.00. The molecule has 0 radical (unpaired) electrons. The van der Waals surface area contributed by atoms with Crippen molar-refractivity contribution < 1.29 is 26.4 Å². The van der Waals surface area contributed by atoms with Crippen molar-refractivity contribution >= 4 is 37.3 Å². The Hall–Kier alpha value is -3.25. The van der Waals surface area contributed by atoms with E-state index in [0.717, 1.165) is 5.56 Å². The van der Waals surface area contributed by atoms with Crippen molar-refractivity contribution in [1.29, 1.82) is 0 Å². The van der Waals surface area contributed by atoms with Crippen molar-refractivity contribution in [3.8, 4) is 0 Å². The van der Waals surface area contributed by atoms with Crippen LogP contribution in [0.15, 0.2) is 82.6 Å². The predicted octanol–water partition coefficient (Wildman–Crippen LogP) is 3.07. The quantitative estimate of drug-likeness (QED) is 0.499. The van der Waals surface area contributed by atoms with Crippen molar-refractivity contribution in [3.05, 3.63) is 83.9 Å². The van der Waals surface area contributed by atoms with Gasteiger partial charge in [0, 0.05) is 30.0 Å². The number of nitrogens with one attached hydrogen (secondary N) is 2. The SMILES string of the molecule is Cc1cccc(NS(=O)(=O)c2cccc(C(=O)Nc3ccc(S(=O)(=O)N4CCOCC4)cc3)c2)c1. The molecule has 35 heavy (non-hydrogen) atoms. The Morgan fingerprint density at radius 1 is 0.829 bits per heavy atom. The summed E-state index contributed by atoms with van der Waals surface area (Å²) in [7, 11) is -7.55. The normalized spacial score (nSPS) is 14.9. The van der Waals surface area contributed by atoms with Gasteiger partial charge < -0.3 is 10.1 Å². The number of carbonyl (C=O) groups is 1. The van der Waals surface area contributed by atoms with E-state index in [1.165, 1.54) is 52.8 Å². The number of hydrogen-bond donors (Lipinski definition) is 2. The van der Waals surface area contributed by atoms with Gasteiger partial charge in [0.15, 0.2) is 0 Å². The van der Waals surface area contributed by atoms with Gasteiger partial charge in [-0.1, -0.05) is 18.2 Å². The minimum absolute atomic E-state index is 0.0568. The number of aryl methyl sites for hydroxylation is 1. The van der Waals surface area contributed by atoms with E-state index in [2.05, 4.69) is 10.0 Å². The molecule has 3 aromatic rings. The lowest BCUT2D eigenvalue weighted by Crippen LogP contribution is -2.40. The number of morpholine rings is 1. The first kappa shape index (κ1) is 24.9. The van der Waals surface area contributed by atoms with Gasteiger partial charge in [-0.2, -0.15) is 4.31 Å². The largest absolute Gasteiger partial charge is 0.379 e. The molecule has 1 aliphatic rings. The summed E-state index contributed by atoms with van der Waals surface area (Å²) in [5.41, 5.74) is 1.85. The summed E-state index contributed by atoms with van der Waals surface area (Å²) in [6.07, 6.45) is 0. The zero-order chi connectivity index (χ0) is 25.1. The molecule has 184 valence electrons. The molecule has 1 heterocycles. The fourth-order valence-electron chi connectivity index (χ4n) is 3.58. The zero-order valence-corrected chi connectivity index (χ0v) is 20.6. The monoisotopic (exact) mass is 515 g/mol. The van der Waals surface area contributed by atoms with Crippen molar-refractivity contribution in [1.82, 2.24) is 4.31 Å². The average Bonchev–Trinajstić information content (AvgIpc) is 2.85. The second-order valence-corrected chi connectivity index (χ2v) is 11.6.